The molecule has 1 N–H and O–H groups in total. The van der Waals surface area contributed by atoms with Gasteiger partial charge in [0.1, 0.15) is 5.71 Å². The number of rotatable bonds is 5. The average molecular weight is 295 g/mol. The molecule has 0 aromatic carbocycles. The van der Waals surface area contributed by atoms with Crippen molar-refractivity contribution in [2.24, 2.45) is 5.10 Å². The van der Waals surface area contributed by atoms with Crippen LogP contribution in [0.3, 0.4) is 0 Å². The first-order valence-electron chi connectivity index (χ1n) is 7.59. The molecule has 0 aliphatic carbocycles. The first-order chi connectivity index (χ1) is 10.1. The van der Waals surface area contributed by atoms with Crippen LogP contribution >= 0.6 is 0 Å². The Bertz CT molecular complexity index is 416. The molecule has 2 aliphatic rings. The molecule has 0 aromatic heterocycles. The Hall–Kier alpha value is -1.47. The summed E-state index contributed by atoms with van der Waals surface area (Å²) in [5.41, 5.74) is 0.455. The fourth-order valence-electron chi connectivity index (χ4n) is 2.51. The molecule has 0 aromatic rings. The number of nitrogens with zero attached hydrogens (tertiary/aromatic N) is 4. The van der Waals surface area contributed by atoms with Gasteiger partial charge in [0, 0.05) is 52.6 Å². The number of hydrogen-bond acceptors (Lipinski definition) is 5. The van der Waals surface area contributed by atoms with Crippen LogP contribution in [0, 0.1) is 0 Å². The molecule has 1 fully saturated rings. The van der Waals surface area contributed by atoms with Crippen LogP contribution in [0.2, 0.25) is 0 Å². The van der Waals surface area contributed by atoms with E-state index >= 15 is 0 Å². The number of piperazine rings is 1. The lowest BCUT2D eigenvalue weighted by molar-refractivity contribution is -0.130. The maximum absolute atomic E-state index is 11.9. The lowest BCUT2D eigenvalue weighted by Crippen LogP contribution is -2.45. The van der Waals surface area contributed by atoms with E-state index in [4.69, 9.17) is 0 Å². The van der Waals surface area contributed by atoms with Gasteiger partial charge < -0.3 is 15.1 Å². The summed E-state index contributed by atoms with van der Waals surface area (Å²) in [4.78, 5) is 28.0. The van der Waals surface area contributed by atoms with E-state index < -0.39 is 0 Å². The summed E-state index contributed by atoms with van der Waals surface area (Å²) in [6, 6.07) is 0. The second-order valence-electron chi connectivity index (χ2n) is 5.72. The van der Waals surface area contributed by atoms with Crippen molar-refractivity contribution in [2.75, 3.05) is 53.4 Å². The van der Waals surface area contributed by atoms with Crippen LogP contribution in [0.4, 0.5) is 0 Å². The fourth-order valence-corrected chi connectivity index (χ4v) is 2.51. The highest BCUT2D eigenvalue weighted by molar-refractivity contribution is 6.39. The third kappa shape index (κ3) is 4.78. The Balaban J connectivity index is 1.63. The van der Waals surface area contributed by atoms with Gasteiger partial charge in [0.15, 0.2) is 0 Å². The molecule has 0 radical (unpaired) electrons. The van der Waals surface area contributed by atoms with E-state index in [0.717, 1.165) is 39.1 Å². The Morgan fingerprint density at radius 1 is 1.19 bits per heavy atom. The van der Waals surface area contributed by atoms with Crippen LogP contribution < -0.4 is 5.32 Å². The van der Waals surface area contributed by atoms with Gasteiger partial charge in [0.25, 0.3) is 5.91 Å². The summed E-state index contributed by atoms with van der Waals surface area (Å²) in [5.74, 6) is -0.186. The van der Waals surface area contributed by atoms with E-state index in [1.807, 2.05) is 0 Å². The van der Waals surface area contributed by atoms with E-state index in [0.29, 0.717) is 25.1 Å². The normalized spacial score (nSPS) is 21.3. The minimum absolute atomic E-state index is 0.0402. The Morgan fingerprint density at radius 3 is 2.57 bits per heavy atom. The molecule has 0 saturated carbocycles. The van der Waals surface area contributed by atoms with E-state index in [1.54, 1.807) is 7.05 Å². The lowest BCUT2D eigenvalue weighted by Gasteiger charge is -2.32. The summed E-state index contributed by atoms with van der Waals surface area (Å²) in [6.07, 6.45) is 1.75. The van der Waals surface area contributed by atoms with Crippen molar-refractivity contribution in [1.82, 2.24) is 20.1 Å². The van der Waals surface area contributed by atoms with E-state index in [9.17, 15) is 9.59 Å². The molecule has 0 spiro atoms. The highest BCUT2D eigenvalue weighted by Gasteiger charge is 2.21. The molecular weight excluding hydrogens is 270 g/mol. The van der Waals surface area contributed by atoms with Crippen LogP contribution in [0.5, 0.6) is 0 Å². The van der Waals surface area contributed by atoms with Gasteiger partial charge in [0.05, 0.1) is 0 Å². The monoisotopic (exact) mass is 295 g/mol. The smallest absolute Gasteiger partial charge is 0.267 e. The predicted octanol–water partition coefficient (Wildman–Crippen LogP) is -0.652. The van der Waals surface area contributed by atoms with Crippen molar-refractivity contribution in [3.63, 3.8) is 0 Å². The number of amides is 2. The Morgan fingerprint density at radius 2 is 1.90 bits per heavy atom. The van der Waals surface area contributed by atoms with Crippen molar-refractivity contribution in [2.45, 2.75) is 19.3 Å². The molecule has 2 aliphatic heterocycles. The molecule has 2 heterocycles. The fraction of sp³-hybridized carbons (Fsp3) is 0.786. The second kappa shape index (κ2) is 7.51. The topological polar surface area (TPSA) is 68.2 Å². The molecule has 7 nitrogen and oxygen atoms in total. The van der Waals surface area contributed by atoms with Gasteiger partial charge in [-0.3, -0.25) is 9.59 Å². The number of nitrogens with one attached hydrogen (secondary N) is 1. The molecule has 0 bridgehead atoms. The van der Waals surface area contributed by atoms with Gasteiger partial charge in [-0.05, 0) is 20.0 Å². The van der Waals surface area contributed by atoms with Gasteiger partial charge in [-0.25, -0.2) is 5.01 Å². The number of likely N-dealkylation sites (N-methyl/N-ethyl adjacent to an activating group) is 1. The number of hydrogen-bond donors (Lipinski definition) is 1. The third-order valence-corrected chi connectivity index (χ3v) is 4.00. The zero-order valence-corrected chi connectivity index (χ0v) is 13.0. The minimum Gasteiger partial charge on any atom is -0.351 e. The summed E-state index contributed by atoms with van der Waals surface area (Å²) in [6.45, 7) is 6.10. The predicted molar refractivity (Wildman–Crippen MR) is 81.0 cm³/mol. The average Bonchev–Trinajstić information content (AvgIpc) is 2.48. The summed E-state index contributed by atoms with van der Waals surface area (Å²) < 4.78 is 0. The standard InChI is InChI=1S/C14H25N5O2/c1-17-8-10-19(11-9-17)7-3-6-15-14(21)12-4-5-13(20)18(2)16-12/h3-11H2,1-2H3,(H,15,21). The molecule has 2 rings (SSSR count). The largest absolute Gasteiger partial charge is 0.351 e. The zero-order chi connectivity index (χ0) is 15.2. The minimum atomic E-state index is -0.146. The van der Waals surface area contributed by atoms with Gasteiger partial charge in [0.2, 0.25) is 5.91 Å². The number of hydrazone groups is 1. The van der Waals surface area contributed by atoms with Crippen molar-refractivity contribution >= 4 is 17.5 Å². The SMILES string of the molecule is CN1CCN(CCCNC(=O)C2=NN(C)C(=O)CC2)CC1. The number of carbonyl (C=O) groups is 2. The van der Waals surface area contributed by atoms with Crippen molar-refractivity contribution in [3.8, 4) is 0 Å². The molecule has 1 saturated heterocycles. The van der Waals surface area contributed by atoms with Crippen LogP contribution in [-0.2, 0) is 9.59 Å². The highest BCUT2D eigenvalue weighted by atomic mass is 16.2. The first kappa shape index (κ1) is 15.9. The molecule has 7 heteroatoms. The molecule has 0 atom stereocenters. The zero-order valence-electron chi connectivity index (χ0n) is 13.0. The summed E-state index contributed by atoms with van der Waals surface area (Å²) in [5, 5.41) is 8.16. The molecule has 118 valence electrons. The van der Waals surface area contributed by atoms with Crippen molar-refractivity contribution in [3.05, 3.63) is 0 Å². The Kier molecular flexibility index (Phi) is 5.69. The molecule has 2 amide bonds. The highest BCUT2D eigenvalue weighted by Crippen LogP contribution is 2.07. The van der Waals surface area contributed by atoms with E-state index in [1.165, 1.54) is 5.01 Å². The number of carbonyl (C=O) groups excluding carboxylic acids is 2. The van der Waals surface area contributed by atoms with Crippen LogP contribution in [0.1, 0.15) is 19.3 Å². The Labute approximate surface area is 125 Å². The van der Waals surface area contributed by atoms with Crippen molar-refractivity contribution < 1.29 is 9.59 Å². The van der Waals surface area contributed by atoms with E-state index in [-0.39, 0.29) is 11.8 Å². The van der Waals surface area contributed by atoms with Crippen LogP contribution in [-0.4, -0.2) is 85.7 Å². The molecule has 0 unspecified atom stereocenters. The third-order valence-electron chi connectivity index (χ3n) is 4.00. The van der Waals surface area contributed by atoms with Gasteiger partial charge in [-0.15, -0.1) is 0 Å². The lowest BCUT2D eigenvalue weighted by atomic mass is 10.1. The van der Waals surface area contributed by atoms with Gasteiger partial charge in [-0.2, -0.15) is 5.10 Å². The summed E-state index contributed by atoms with van der Waals surface area (Å²) in [7, 11) is 3.73. The molecule has 21 heavy (non-hydrogen) atoms. The van der Waals surface area contributed by atoms with Gasteiger partial charge >= 0.3 is 0 Å². The molecular formula is C14H25N5O2. The van der Waals surface area contributed by atoms with Crippen molar-refractivity contribution in [1.29, 1.82) is 0 Å². The van der Waals surface area contributed by atoms with Crippen LogP contribution in [0.15, 0.2) is 5.10 Å². The summed E-state index contributed by atoms with van der Waals surface area (Å²) >= 11 is 0. The van der Waals surface area contributed by atoms with Gasteiger partial charge in [-0.1, -0.05) is 0 Å². The maximum atomic E-state index is 11.9. The second-order valence-corrected chi connectivity index (χ2v) is 5.72. The quantitative estimate of drug-likeness (QED) is 0.684. The van der Waals surface area contributed by atoms with Crippen LogP contribution in [0.25, 0.3) is 0 Å². The van der Waals surface area contributed by atoms with E-state index in [2.05, 4.69) is 27.3 Å². The first-order valence-corrected chi connectivity index (χ1v) is 7.59. The maximum Gasteiger partial charge on any atom is 0.267 e.